The summed E-state index contributed by atoms with van der Waals surface area (Å²) in [6, 6.07) is 13.9. The van der Waals surface area contributed by atoms with Gasteiger partial charge in [0.1, 0.15) is 11.6 Å². The second-order valence-electron chi connectivity index (χ2n) is 8.41. The number of benzene rings is 2. The van der Waals surface area contributed by atoms with Crippen LogP contribution in [0.2, 0.25) is 0 Å². The molecule has 27 heavy (non-hydrogen) atoms. The fraction of sp³-hybridized carbons (Fsp3) is 0.520. The Hall–Kier alpha value is -1.83. The van der Waals surface area contributed by atoms with E-state index in [9.17, 15) is 4.39 Å². The molecular formula is C25H31FO. The number of ether oxygens (including phenoxy) is 1. The van der Waals surface area contributed by atoms with Gasteiger partial charge in [0, 0.05) is 11.6 Å². The molecule has 0 saturated heterocycles. The molecule has 0 unspecified atom stereocenters. The molecule has 0 spiro atoms. The highest BCUT2D eigenvalue weighted by molar-refractivity contribution is 5.65. The van der Waals surface area contributed by atoms with Gasteiger partial charge in [0.2, 0.25) is 0 Å². The van der Waals surface area contributed by atoms with E-state index in [0.717, 1.165) is 12.2 Å². The quantitative estimate of drug-likeness (QED) is 0.532. The molecule has 2 heteroatoms. The van der Waals surface area contributed by atoms with Crippen molar-refractivity contribution >= 4 is 0 Å². The normalized spacial score (nSPS) is 19.1. The topological polar surface area (TPSA) is 9.23 Å². The minimum Gasteiger partial charge on any atom is -0.493 e. The second kappa shape index (κ2) is 8.91. The smallest absolute Gasteiger partial charge is 0.134 e. The lowest BCUT2D eigenvalue weighted by molar-refractivity contribution is 0.208. The van der Waals surface area contributed by atoms with Crippen LogP contribution in [0.3, 0.4) is 0 Å². The van der Waals surface area contributed by atoms with Gasteiger partial charge in [-0.05, 0) is 60.8 Å². The summed E-state index contributed by atoms with van der Waals surface area (Å²) in [5, 5.41) is 0. The van der Waals surface area contributed by atoms with E-state index in [1.54, 1.807) is 6.07 Å². The minimum absolute atomic E-state index is 0.193. The molecule has 0 aliphatic heterocycles. The monoisotopic (exact) mass is 366 g/mol. The van der Waals surface area contributed by atoms with Crippen molar-refractivity contribution in [3.8, 4) is 16.9 Å². The Morgan fingerprint density at radius 3 is 2.11 bits per heavy atom. The Balaban J connectivity index is 1.41. The average molecular weight is 367 g/mol. The van der Waals surface area contributed by atoms with Gasteiger partial charge in [-0.1, -0.05) is 62.8 Å². The van der Waals surface area contributed by atoms with E-state index in [1.165, 1.54) is 69.8 Å². The lowest BCUT2D eigenvalue weighted by atomic mass is 9.84. The van der Waals surface area contributed by atoms with Gasteiger partial charge >= 0.3 is 0 Å². The summed E-state index contributed by atoms with van der Waals surface area (Å²) in [5.74, 6) is 1.78. The molecule has 0 aromatic heterocycles. The predicted molar refractivity (Wildman–Crippen MR) is 110 cm³/mol. The zero-order valence-corrected chi connectivity index (χ0v) is 16.3. The molecule has 0 N–H and O–H groups in total. The summed E-state index contributed by atoms with van der Waals surface area (Å²) in [6.45, 7) is 0.717. The molecule has 0 amide bonds. The Bertz CT molecular complexity index is 724. The van der Waals surface area contributed by atoms with Gasteiger partial charge in [-0.25, -0.2) is 4.39 Å². The van der Waals surface area contributed by atoms with Crippen LogP contribution < -0.4 is 4.74 Å². The first-order valence-corrected chi connectivity index (χ1v) is 10.8. The maximum atomic E-state index is 14.7. The van der Waals surface area contributed by atoms with Crippen molar-refractivity contribution in [3.63, 3.8) is 0 Å². The van der Waals surface area contributed by atoms with Crippen LogP contribution >= 0.6 is 0 Å². The van der Waals surface area contributed by atoms with E-state index in [0.29, 0.717) is 23.1 Å². The van der Waals surface area contributed by atoms with E-state index in [1.807, 2.05) is 12.1 Å². The number of rotatable bonds is 5. The molecule has 0 radical (unpaired) electrons. The summed E-state index contributed by atoms with van der Waals surface area (Å²) in [4.78, 5) is 0. The van der Waals surface area contributed by atoms with Gasteiger partial charge in [0.05, 0.1) is 6.61 Å². The van der Waals surface area contributed by atoms with Crippen LogP contribution in [0.15, 0.2) is 42.5 Å². The first kappa shape index (κ1) is 18.5. The minimum atomic E-state index is -0.193. The van der Waals surface area contributed by atoms with Gasteiger partial charge in [-0.3, -0.25) is 0 Å². The van der Waals surface area contributed by atoms with Crippen molar-refractivity contribution in [2.24, 2.45) is 5.92 Å². The molecule has 4 rings (SSSR count). The molecule has 0 atom stereocenters. The van der Waals surface area contributed by atoms with Gasteiger partial charge in [0.25, 0.3) is 0 Å². The third kappa shape index (κ3) is 4.72. The highest BCUT2D eigenvalue weighted by Crippen LogP contribution is 2.34. The third-order valence-corrected chi connectivity index (χ3v) is 6.45. The van der Waals surface area contributed by atoms with E-state index >= 15 is 0 Å². The fourth-order valence-corrected chi connectivity index (χ4v) is 4.76. The predicted octanol–water partition coefficient (Wildman–Crippen LogP) is 7.50. The van der Waals surface area contributed by atoms with Crippen molar-refractivity contribution in [1.29, 1.82) is 0 Å². The van der Waals surface area contributed by atoms with Gasteiger partial charge in [-0.2, -0.15) is 0 Å². The molecule has 2 aromatic rings. The standard InChI is InChI=1S/C25H31FO/c26-25-17-23(27-18-19-7-3-1-4-8-19)15-16-24(25)22-13-11-21(12-14-22)20-9-5-2-6-10-20/h11-17,19-20H,1-10,18H2. The molecular weight excluding hydrogens is 335 g/mol. The lowest BCUT2D eigenvalue weighted by Crippen LogP contribution is -2.15. The van der Waals surface area contributed by atoms with E-state index in [4.69, 9.17) is 4.74 Å². The zero-order chi connectivity index (χ0) is 18.5. The van der Waals surface area contributed by atoms with Crippen molar-refractivity contribution < 1.29 is 9.13 Å². The Kier molecular flexibility index (Phi) is 6.11. The maximum Gasteiger partial charge on any atom is 0.134 e. The van der Waals surface area contributed by atoms with Crippen LogP contribution in [-0.2, 0) is 0 Å². The largest absolute Gasteiger partial charge is 0.493 e. The highest BCUT2D eigenvalue weighted by Gasteiger charge is 2.16. The van der Waals surface area contributed by atoms with Gasteiger partial charge in [0.15, 0.2) is 0 Å². The third-order valence-electron chi connectivity index (χ3n) is 6.45. The van der Waals surface area contributed by atoms with E-state index < -0.39 is 0 Å². The maximum absolute atomic E-state index is 14.7. The Morgan fingerprint density at radius 1 is 0.778 bits per heavy atom. The number of halogens is 1. The van der Waals surface area contributed by atoms with Crippen LogP contribution in [0, 0.1) is 11.7 Å². The summed E-state index contributed by atoms with van der Waals surface area (Å²) in [7, 11) is 0. The van der Waals surface area contributed by atoms with Crippen LogP contribution in [0.25, 0.3) is 11.1 Å². The molecule has 0 heterocycles. The SMILES string of the molecule is Fc1cc(OCC2CCCCC2)ccc1-c1ccc(C2CCCCC2)cc1. The second-order valence-corrected chi connectivity index (χ2v) is 8.41. The lowest BCUT2D eigenvalue weighted by Gasteiger charge is -2.22. The molecule has 2 saturated carbocycles. The van der Waals surface area contributed by atoms with Gasteiger partial charge in [-0.15, -0.1) is 0 Å². The molecule has 2 aromatic carbocycles. The molecule has 2 aliphatic rings. The Labute approximate surface area is 163 Å². The summed E-state index contributed by atoms with van der Waals surface area (Å²) < 4.78 is 20.6. The van der Waals surface area contributed by atoms with Gasteiger partial charge < -0.3 is 4.74 Å². The summed E-state index contributed by atoms with van der Waals surface area (Å²) in [5.41, 5.74) is 3.02. The van der Waals surface area contributed by atoms with Crippen LogP contribution in [0.5, 0.6) is 5.75 Å². The zero-order valence-electron chi connectivity index (χ0n) is 16.3. The van der Waals surface area contributed by atoms with E-state index in [-0.39, 0.29) is 5.82 Å². The van der Waals surface area contributed by atoms with Crippen molar-refractivity contribution in [1.82, 2.24) is 0 Å². The molecule has 1 nitrogen and oxygen atoms in total. The van der Waals surface area contributed by atoms with Crippen LogP contribution in [0.1, 0.15) is 75.7 Å². The van der Waals surface area contributed by atoms with Crippen molar-refractivity contribution in [2.45, 2.75) is 70.1 Å². The highest BCUT2D eigenvalue weighted by atomic mass is 19.1. The first-order chi connectivity index (χ1) is 13.3. The fourth-order valence-electron chi connectivity index (χ4n) is 4.76. The molecule has 0 bridgehead atoms. The average Bonchev–Trinajstić information content (AvgIpc) is 2.74. The van der Waals surface area contributed by atoms with Crippen LogP contribution in [0.4, 0.5) is 4.39 Å². The number of hydrogen-bond donors (Lipinski definition) is 0. The van der Waals surface area contributed by atoms with Crippen LogP contribution in [-0.4, -0.2) is 6.61 Å². The first-order valence-electron chi connectivity index (χ1n) is 10.8. The molecule has 2 aliphatic carbocycles. The summed E-state index contributed by atoms with van der Waals surface area (Å²) in [6.07, 6.45) is 13.1. The molecule has 144 valence electrons. The van der Waals surface area contributed by atoms with E-state index in [2.05, 4.69) is 24.3 Å². The number of hydrogen-bond acceptors (Lipinski definition) is 1. The Morgan fingerprint density at radius 2 is 1.44 bits per heavy atom. The van der Waals surface area contributed by atoms with Crippen molar-refractivity contribution in [3.05, 3.63) is 53.8 Å². The summed E-state index contributed by atoms with van der Waals surface area (Å²) >= 11 is 0. The van der Waals surface area contributed by atoms with Crippen molar-refractivity contribution in [2.75, 3.05) is 6.61 Å². The molecule has 2 fully saturated rings.